The number of morpholine rings is 1. The summed E-state index contributed by atoms with van der Waals surface area (Å²) in [7, 11) is 1.66. The van der Waals surface area contributed by atoms with Crippen LogP contribution in [0.5, 0.6) is 5.75 Å². The van der Waals surface area contributed by atoms with Crippen molar-refractivity contribution in [3.05, 3.63) is 64.7 Å². The van der Waals surface area contributed by atoms with Crippen LogP contribution in [0.4, 0.5) is 0 Å². The van der Waals surface area contributed by atoms with Gasteiger partial charge in [0.25, 0.3) is 5.91 Å². The summed E-state index contributed by atoms with van der Waals surface area (Å²) in [5.74, 6) is 0.639. The van der Waals surface area contributed by atoms with Crippen LogP contribution in [0.25, 0.3) is 0 Å². The Hall–Kier alpha value is -2.08. The number of methoxy groups -OCH3 is 1. The number of rotatable bonds is 6. The molecular formula is C20H23ClN2O3. The molecule has 1 atom stereocenters. The summed E-state index contributed by atoms with van der Waals surface area (Å²) in [6.07, 6.45) is 0. The fourth-order valence-corrected chi connectivity index (χ4v) is 3.42. The van der Waals surface area contributed by atoms with E-state index in [1.54, 1.807) is 25.3 Å². The molecule has 0 aliphatic carbocycles. The predicted octanol–water partition coefficient (Wildman–Crippen LogP) is 3.15. The van der Waals surface area contributed by atoms with Gasteiger partial charge >= 0.3 is 0 Å². The SMILES string of the molecule is COc1ccccc1C(CNC(=O)c1ccccc1Cl)N1CCOCC1. The molecule has 6 heteroatoms. The molecule has 1 unspecified atom stereocenters. The lowest BCUT2D eigenvalue weighted by Gasteiger charge is -2.35. The quantitative estimate of drug-likeness (QED) is 0.843. The second kappa shape index (κ2) is 9.03. The van der Waals surface area contributed by atoms with E-state index in [1.165, 1.54) is 0 Å². The van der Waals surface area contributed by atoms with Crippen molar-refractivity contribution < 1.29 is 14.3 Å². The van der Waals surface area contributed by atoms with Gasteiger partial charge in [-0.05, 0) is 18.2 Å². The first-order valence-electron chi connectivity index (χ1n) is 8.68. The van der Waals surface area contributed by atoms with Crippen LogP contribution < -0.4 is 10.1 Å². The zero-order chi connectivity index (χ0) is 18.4. The standard InChI is InChI=1S/C20H23ClN2O3/c1-25-19-9-5-3-7-16(19)18(23-10-12-26-13-11-23)14-22-20(24)15-6-2-4-8-17(15)21/h2-9,18H,10-14H2,1H3,(H,22,24). The second-order valence-corrected chi connectivity index (χ2v) is 6.50. The topological polar surface area (TPSA) is 50.8 Å². The Kier molecular flexibility index (Phi) is 6.50. The molecule has 26 heavy (non-hydrogen) atoms. The number of benzene rings is 2. The molecule has 1 aliphatic rings. The molecule has 1 fully saturated rings. The summed E-state index contributed by atoms with van der Waals surface area (Å²) in [5, 5.41) is 3.47. The van der Waals surface area contributed by atoms with Crippen molar-refractivity contribution in [2.45, 2.75) is 6.04 Å². The summed E-state index contributed by atoms with van der Waals surface area (Å²) in [6.45, 7) is 3.45. The summed E-state index contributed by atoms with van der Waals surface area (Å²) in [4.78, 5) is 14.9. The molecule has 1 heterocycles. The molecule has 0 spiro atoms. The summed E-state index contributed by atoms with van der Waals surface area (Å²) in [5.41, 5.74) is 1.53. The minimum Gasteiger partial charge on any atom is -0.496 e. The smallest absolute Gasteiger partial charge is 0.252 e. The van der Waals surface area contributed by atoms with Crippen molar-refractivity contribution in [3.8, 4) is 5.75 Å². The highest BCUT2D eigenvalue weighted by atomic mass is 35.5. The van der Waals surface area contributed by atoms with Crippen LogP contribution in [-0.4, -0.2) is 50.8 Å². The molecule has 1 N–H and O–H groups in total. The highest BCUT2D eigenvalue weighted by Crippen LogP contribution is 2.29. The van der Waals surface area contributed by atoms with Gasteiger partial charge in [-0.25, -0.2) is 0 Å². The van der Waals surface area contributed by atoms with Crippen molar-refractivity contribution >= 4 is 17.5 Å². The van der Waals surface area contributed by atoms with Gasteiger partial charge in [-0.3, -0.25) is 9.69 Å². The Morgan fingerprint density at radius 3 is 2.62 bits per heavy atom. The van der Waals surface area contributed by atoms with Gasteiger partial charge in [0, 0.05) is 25.2 Å². The summed E-state index contributed by atoms with van der Waals surface area (Å²) >= 11 is 6.14. The number of carbonyl (C=O) groups is 1. The van der Waals surface area contributed by atoms with Gasteiger partial charge in [0.1, 0.15) is 5.75 Å². The third-order valence-corrected chi connectivity index (χ3v) is 4.89. The number of carbonyl (C=O) groups excluding carboxylic acids is 1. The Labute approximate surface area is 158 Å². The van der Waals surface area contributed by atoms with Gasteiger partial charge < -0.3 is 14.8 Å². The lowest BCUT2D eigenvalue weighted by molar-refractivity contribution is 0.0157. The van der Waals surface area contributed by atoms with Crippen molar-refractivity contribution in [1.29, 1.82) is 0 Å². The van der Waals surface area contributed by atoms with Gasteiger partial charge in [-0.2, -0.15) is 0 Å². The maximum absolute atomic E-state index is 12.6. The van der Waals surface area contributed by atoms with E-state index >= 15 is 0 Å². The molecule has 2 aromatic carbocycles. The molecule has 1 amide bonds. The average Bonchev–Trinajstić information content (AvgIpc) is 2.69. The number of nitrogens with zero attached hydrogens (tertiary/aromatic N) is 1. The summed E-state index contributed by atoms with van der Waals surface area (Å²) in [6, 6.07) is 15.0. The van der Waals surface area contributed by atoms with Crippen molar-refractivity contribution in [1.82, 2.24) is 10.2 Å². The van der Waals surface area contributed by atoms with Crippen LogP contribution in [0.2, 0.25) is 5.02 Å². The first kappa shape index (κ1) is 18.7. The largest absolute Gasteiger partial charge is 0.496 e. The first-order chi connectivity index (χ1) is 12.7. The van der Waals surface area contributed by atoms with Gasteiger partial charge in [0.15, 0.2) is 0 Å². The first-order valence-corrected chi connectivity index (χ1v) is 9.06. The molecule has 1 aliphatic heterocycles. The van der Waals surface area contributed by atoms with E-state index in [1.807, 2.05) is 30.3 Å². The van der Waals surface area contributed by atoms with Crippen LogP contribution in [0.15, 0.2) is 48.5 Å². The molecule has 0 saturated carbocycles. The Morgan fingerprint density at radius 1 is 1.19 bits per heavy atom. The molecule has 1 saturated heterocycles. The van der Waals surface area contributed by atoms with E-state index in [2.05, 4.69) is 10.2 Å². The van der Waals surface area contributed by atoms with E-state index in [4.69, 9.17) is 21.1 Å². The average molecular weight is 375 g/mol. The number of para-hydroxylation sites is 1. The molecule has 2 aromatic rings. The minimum atomic E-state index is -0.177. The Bertz CT molecular complexity index is 747. The molecule has 3 rings (SSSR count). The maximum atomic E-state index is 12.6. The number of amides is 1. The van der Waals surface area contributed by atoms with Gasteiger partial charge in [0.2, 0.25) is 0 Å². The van der Waals surface area contributed by atoms with E-state index in [0.717, 1.165) is 24.4 Å². The van der Waals surface area contributed by atoms with Crippen LogP contribution in [0.1, 0.15) is 22.0 Å². The molecule has 138 valence electrons. The van der Waals surface area contributed by atoms with Gasteiger partial charge in [-0.15, -0.1) is 0 Å². The second-order valence-electron chi connectivity index (χ2n) is 6.10. The third-order valence-electron chi connectivity index (χ3n) is 4.56. The van der Waals surface area contributed by atoms with Crippen LogP contribution in [0, 0.1) is 0 Å². The number of hydrogen-bond acceptors (Lipinski definition) is 4. The van der Waals surface area contributed by atoms with E-state index < -0.39 is 0 Å². The number of ether oxygens (including phenoxy) is 2. The van der Waals surface area contributed by atoms with E-state index in [-0.39, 0.29) is 11.9 Å². The maximum Gasteiger partial charge on any atom is 0.252 e. The minimum absolute atomic E-state index is 0.00138. The van der Waals surface area contributed by atoms with Crippen LogP contribution in [0.3, 0.4) is 0 Å². The van der Waals surface area contributed by atoms with Crippen molar-refractivity contribution in [2.75, 3.05) is 40.0 Å². The number of hydrogen-bond donors (Lipinski definition) is 1. The van der Waals surface area contributed by atoms with Gasteiger partial charge in [-0.1, -0.05) is 41.9 Å². The highest BCUT2D eigenvalue weighted by Gasteiger charge is 2.26. The highest BCUT2D eigenvalue weighted by molar-refractivity contribution is 6.33. The molecular weight excluding hydrogens is 352 g/mol. The van der Waals surface area contributed by atoms with Crippen molar-refractivity contribution in [2.24, 2.45) is 0 Å². The normalized spacial score (nSPS) is 16.1. The monoisotopic (exact) mass is 374 g/mol. The molecule has 5 nitrogen and oxygen atoms in total. The number of halogens is 1. The molecule has 0 bridgehead atoms. The zero-order valence-electron chi connectivity index (χ0n) is 14.8. The fraction of sp³-hybridized carbons (Fsp3) is 0.350. The third kappa shape index (κ3) is 4.36. The zero-order valence-corrected chi connectivity index (χ0v) is 15.5. The van der Waals surface area contributed by atoms with Crippen LogP contribution in [-0.2, 0) is 4.74 Å². The van der Waals surface area contributed by atoms with Crippen LogP contribution >= 0.6 is 11.6 Å². The Balaban J connectivity index is 1.80. The summed E-state index contributed by atoms with van der Waals surface area (Å²) < 4.78 is 11.0. The lowest BCUT2D eigenvalue weighted by atomic mass is 10.0. The van der Waals surface area contributed by atoms with Crippen molar-refractivity contribution in [3.63, 3.8) is 0 Å². The fourth-order valence-electron chi connectivity index (χ4n) is 3.20. The van der Waals surface area contributed by atoms with Gasteiger partial charge in [0.05, 0.1) is 37.0 Å². The lowest BCUT2D eigenvalue weighted by Crippen LogP contribution is -2.44. The molecule has 0 radical (unpaired) electrons. The number of nitrogens with one attached hydrogen (secondary N) is 1. The predicted molar refractivity (Wildman–Crippen MR) is 102 cm³/mol. The van der Waals surface area contributed by atoms with E-state index in [9.17, 15) is 4.79 Å². The van der Waals surface area contributed by atoms with E-state index in [0.29, 0.717) is 30.3 Å². The molecule has 0 aromatic heterocycles. The Morgan fingerprint density at radius 2 is 1.88 bits per heavy atom.